The van der Waals surface area contributed by atoms with Gasteiger partial charge in [-0.2, -0.15) is 4.98 Å². The van der Waals surface area contributed by atoms with Gasteiger partial charge in [0.1, 0.15) is 0 Å². The molecule has 1 aliphatic heterocycles. The first-order valence-electron chi connectivity index (χ1n) is 4.85. The predicted molar refractivity (Wildman–Crippen MR) is 49.6 cm³/mol. The Bertz CT molecular complexity index is 305. The lowest BCUT2D eigenvalue weighted by Crippen LogP contribution is -2.31. The lowest BCUT2D eigenvalue weighted by molar-refractivity contribution is 0.0527. The van der Waals surface area contributed by atoms with Crippen LogP contribution in [0.25, 0.3) is 0 Å². The summed E-state index contributed by atoms with van der Waals surface area (Å²) in [7, 11) is 0. The first-order chi connectivity index (χ1) is 6.74. The van der Waals surface area contributed by atoms with Crippen molar-refractivity contribution in [3.8, 4) is 0 Å². The number of hydrogen-bond donors (Lipinski definition) is 1. The van der Waals surface area contributed by atoms with E-state index in [9.17, 15) is 0 Å². The average Bonchev–Trinajstić information content (AvgIpc) is 2.67. The van der Waals surface area contributed by atoms with E-state index in [1.807, 2.05) is 0 Å². The van der Waals surface area contributed by atoms with Gasteiger partial charge in [-0.25, -0.2) is 0 Å². The van der Waals surface area contributed by atoms with Gasteiger partial charge in [0.2, 0.25) is 5.89 Å². The van der Waals surface area contributed by atoms with E-state index in [2.05, 4.69) is 17.1 Å². The Hall–Kier alpha value is -0.940. The van der Waals surface area contributed by atoms with Crippen LogP contribution in [-0.2, 0) is 16.7 Å². The summed E-state index contributed by atoms with van der Waals surface area (Å²) in [5.41, 5.74) is 5.41. The molecule has 0 bridgehead atoms. The summed E-state index contributed by atoms with van der Waals surface area (Å²) in [5, 5.41) is 3.96. The normalized spacial score (nSPS) is 21.0. The van der Waals surface area contributed by atoms with Crippen molar-refractivity contribution in [1.82, 2.24) is 10.1 Å². The van der Waals surface area contributed by atoms with Crippen LogP contribution in [0.4, 0.5) is 0 Å². The number of rotatable bonds is 2. The van der Waals surface area contributed by atoms with E-state index in [0.717, 1.165) is 31.9 Å². The quantitative estimate of drug-likeness (QED) is 0.751. The molecular weight excluding hydrogens is 182 g/mol. The summed E-state index contributed by atoms with van der Waals surface area (Å²) >= 11 is 0. The molecule has 2 heterocycles. The van der Waals surface area contributed by atoms with Crippen LogP contribution in [0.3, 0.4) is 0 Å². The van der Waals surface area contributed by atoms with Crippen LogP contribution in [0, 0.1) is 0 Å². The van der Waals surface area contributed by atoms with Gasteiger partial charge < -0.3 is 15.0 Å². The van der Waals surface area contributed by atoms with E-state index in [4.69, 9.17) is 15.0 Å². The van der Waals surface area contributed by atoms with Gasteiger partial charge in [-0.3, -0.25) is 0 Å². The van der Waals surface area contributed by atoms with Crippen LogP contribution in [0.15, 0.2) is 4.52 Å². The number of aromatic nitrogens is 2. The van der Waals surface area contributed by atoms with Crippen molar-refractivity contribution in [3.63, 3.8) is 0 Å². The van der Waals surface area contributed by atoms with Crippen LogP contribution in [0.5, 0.6) is 0 Å². The van der Waals surface area contributed by atoms with Gasteiger partial charge in [0.05, 0.1) is 6.54 Å². The van der Waals surface area contributed by atoms with Gasteiger partial charge in [-0.1, -0.05) is 12.1 Å². The monoisotopic (exact) mass is 197 g/mol. The largest absolute Gasteiger partial charge is 0.381 e. The van der Waals surface area contributed by atoms with Gasteiger partial charge in [-0.05, 0) is 12.8 Å². The van der Waals surface area contributed by atoms with Gasteiger partial charge in [0.15, 0.2) is 5.82 Å². The molecule has 0 aliphatic carbocycles. The summed E-state index contributed by atoms with van der Waals surface area (Å²) in [6.45, 7) is 3.98. The van der Waals surface area contributed by atoms with Gasteiger partial charge >= 0.3 is 0 Å². The van der Waals surface area contributed by atoms with E-state index in [1.54, 1.807) is 0 Å². The molecule has 5 nitrogen and oxygen atoms in total. The SMILES string of the molecule is CC1(c2noc(CN)n2)CCOCC1. The fraction of sp³-hybridized carbons (Fsp3) is 0.778. The first-order valence-corrected chi connectivity index (χ1v) is 4.85. The third-order valence-corrected chi connectivity index (χ3v) is 2.78. The molecule has 2 rings (SSSR count). The summed E-state index contributed by atoms with van der Waals surface area (Å²) in [5.74, 6) is 1.27. The van der Waals surface area contributed by atoms with E-state index in [1.165, 1.54) is 0 Å². The molecule has 1 saturated heterocycles. The van der Waals surface area contributed by atoms with Crippen LogP contribution in [0.1, 0.15) is 31.5 Å². The first kappa shape index (κ1) is 9.61. The maximum absolute atomic E-state index is 5.41. The maximum atomic E-state index is 5.41. The predicted octanol–water partition coefficient (Wildman–Crippen LogP) is 0.596. The van der Waals surface area contributed by atoms with Gasteiger partial charge in [-0.15, -0.1) is 0 Å². The topological polar surface area (TPSA) is 74.2 Å². The summed E-state index contributed by atoms with van der Waals surface area (Å²) in [4.78, 5) is 4.27. The second-order valence-electron chi connectivity index (χ2n) is 3.89. The van der Waals surface area contributed by atoms with E-state index < -0.39 is 0 Å². The maximum Gasteiger partial charge on any atom is 0.240 e. The molecule has 5 heteroatoms. The standard InChI is InChI=1S/C9H15N3O2/c1-9(2-4-13-5-3-9)8-11-7(6-10)14-12-8/h2-6,10H2,1H3. The van der Waals surface area contributed by atoms with Crippen molar-refractivity contribution in [3.05, 3.63) is 11.7 Å². The Morgan fingerprint density at radius 3 is 2.71 bits per heavy atom. The van der Waals surface area contributed by atoms with Gasteiger partial charge in [0, 0.05) is 18.6 Å². The fourth-order valence-electron chi connectivity index (χ4n) is 1.63. The average molecular weight is 197 g/mol. The second kappa shape index (κ2) is 3.67. The minimum absolute atomic E-state index is 0.00479. The zero-order valence-electron chi connectivity index (χ0n) is 8.32. The van der Waals surface area contributed by atoms with Crippen molar-refractivity contribution in [2.75, 3.05) is 13.2 Å². The minimum Gasteiger partial charge on any atom is -0.381 e. The molecule has 14 heavy (non-hydrogen) atoms. The van der Waals surface area contributed by atoms with Crippen molar-refractivity contribution >= 4 is 0 Å². The zero-order chi connectivity index (χ0) is 10.0. The molecule has 0 radical (unpaired) electrons. The number of hydrogen-bond acceptors (Lipinski definition) is 5. The highest BCUT2D eigenvalue weighted by atomic mass is 16.5. The zero-order valence-corrected chi connectivity index (χ0v) is 8.32. The lowest BCUT2D eigenvalue weighted by atomic mass is 9.82. The molecule has 1 aliphatic rings. The molecule has 0 amide bonds. The number of nitrogens with two attached hydrogens (primary N) is 1. The number of ether oxygens (including phenoxy) is 1. The van der Waals surface area contributed by atoms with E-state index >= 15 is 0 Å². The highest BCUT2D eigenvalue weighted by Gasteiger charge is 2.33. The van der Waals surface area contributed by atoms with Crippen molar-refractivity contribution in [2.45, 2.75) is 31.7 Å². The Balaban J connectivity index is 2.19. The molecule has 1 fully saturated rings. The Kier molecular flexibility index (Phi) is 2.52. The van der Waals surface area contributed by atoms with Crippen molar-refractivity contribution in [1.29, 1.82) is 0 Å². The molecule has 0 spiro atoms. The molecule has 0 saturated carbocycles. The van der Waals surface area contributed by atoms with Crippen LogP contribution < -0.4 is 5.73 Å². The third kappa shape index (κ3) is 1.65. The fourth-order valence-corrected chi connectivity index (χ4v) is 1.63. The Labute approximate surface area is 82.6 Å². The molecule has 0 unspecified atom stereocenters. The molecule has 0 aromatic carbocycles. The summed E-state index contributed by atoms with van der Waals surface area (Å²) in [6, 6.07) is 0. The molecule has 1 aromatic rings. The van der Waals surface area contributed by atoms with Crippen LogP contribution in [-0.4, -0.2) is 23.4 Å². The smallest absolute Gasteiger partial charge is 0.240 e. The second-order valence-corrected chi connectivity index (χ2v) is 3.89. The number of nitrogens with zero attached hydrogens (tertiary/aromatic N) is 2. The molecule has 0 atom stereocenters. The van der Waals surface area contributed by atoms with E-state index in [0.29, 0.717) is 12.4 Å². The molecule has 2 N–H and O–H groups in total. The minimum atomic E-state index is -0.00479. The van der Waals surface area contributed by atoms with Gasteiger partial charge in [0.25, 0.3) is 0 Å². The van der Waals surface area contributed by atoms with Crippen LogP contribution >= 0.6 is 0 Å². The van der Waals surface area contributed by atoms with Crippen molar-refractivity contribution in [2.24, 2.45) is 5.73 Å². The lowest BCUT2D eigenvalue weighted by Gasteiger charge is -2.29. The van der Waals surface area contributed by atoms with Crippen LogP contribution in [0.2, 0.25) is 0 Å². The highest BCUT2D eigenvalue weighted by molar-refractivity contribution is 5.05. The Morgan fingerprint density at radius 1 is 1.43 bits per heavy atom. The molecule has 78 valence electrons. The third-order valence-electron chi connectivity index (χ3n) is 2.78. The Morgan fingerprint density at radius 2 is 2.14 bits per heavy atom. The summed E-state index contributed by atoms with van der Waals surface area (Å²) < 4.78 is 10.3. The summed E-state index contributed by atoms with van der Waals surface area (Å²) in [6.07, 6.45) is 1.88. The van der Waals surface area contributed by atoms with Crippen molar-refractivity contribution < 1.29 is 9.26 Å². The molecule has 1 aromatic heterocycles. The highest BCUT2D eigenvalue weighted by Crippen LogP contribution is 2.31. The molecular formula is C9H15N3O2. The van der Waals surface area contributed by atoms with E-state index in [-0.39, 0.29) is 5.41 Å².